The number of fused-ring (bicyclic) bond motifs is 3. The van der Waals surface area contributed by atoms with Crippen LogP contribution in [0.25, 0.3) is 0 Å². The van der Waals surface area contributed by atoms with Crippen molar-refractivity contribution in [1.82, 2.24) is 8.61 Å². The van der Waals surface area contributed by atoms with Gasteiger partial charge >= 0.3 is 0 Å². The van der Waals surface area contributed by atoms with Gasteiger partial charge in [0.15, 0.2) is 0 Å². The number of benzene rings is 3. The van der Waals surface area contributed by atoms with Gasteiger partial charge in [-0.1, -0.05) is 47.5 Å². The van der Waals surface area contributed by atoms with Crippen LogP contribution in [-0.4, -0.2) is 25.4 Å². The highest BCUT2D eigenvalue weighted by Crippen LogP contribution is 2.37. The lowest BCUT2D eigenvalue weighted by Crippen LogP contribution is -2.26. The molecule has 0 spiro atoms. The third kappa shape index (κ3) is 3.47. The molecule has 166 valence electrons. The standard InChI is InChI=1S/C24H24N2O4S2/c1-17-3-9-21(10-4-17)31(27,28)25-13-19-7-8-20-14-26(16-24(20)23(19)15-25)32(29,30)22-11-5-18(2)6-12-22/h3-12H,13-16H2,1-2H3. The number of rotatable bonds is 4. The molecule has 0 saturated heterocycles. The summed E-state index contributed by atoms with van der Waals surface area (Å²) in [7, 11) is -7.26. The van der Waals surface area contributed by atoms with E-state index in [9.17, 15) is 16.8 Å². The Morgan fingerprint density at radius 2 is 0.875 bits per heavy atom. The predicted octanol–water partition coefficient (Wildman–Crippen LogP) is 3.71. The van der Waals surface area contributed by atoms with Crippen molar-refractivity contribution >= 4 is 20.0 Å². The van der Waals surface area contributed by atoms with E-state index in [1.807, 2.05) is 26.0 Å². The summed E-state index contributed by atoms with van der Waals surface area (Å²) in [5.41, 5.74) is 5.74. The Morgan fingerprint density at radius 1 is 0.531 bits per heavy atom. The highest BCUT2D eigenvalue weighted by atomic mass is 32.2. The van der Waals surface area contributed by atoms with Crippen molar-refractivity contribution in [3.05, 3.63) is 94.0 Å². The average Bonchev–Trinajstić information content (AvgIpc) is 3.39. The Balaban J connectivity index is 1.43. The molecular formula is C24H24N2O4S2. The van der Waals surface area contributed by atoms with Crippen LogP contribution < -0.4 is 0 Å². The molecule has 3 aromatic rings. The third-order valence-electron chi connectivity index (χ3n) is 6.31. The molecule has 2 heterocycles. The molecule has 0 aromatic heterocycles. The van der Waals surface area contributed by atoms with E-state index in [1.54, 1.807) is 48.5 Å². The number of hydrogen-bond donors (Lipinski definition) is 0. The topological polar surface area (TPSA) is 74.8 Å². The molecule has 32 heavy (non-hydrogen) atoms. The van der Waals surface area contributed by atoms with Crippen molar-refractivity contribution in [2.24, 2.45) is 0 Å². The van der Waals surface area contributed by atoms with Crippen LogP contribution in [0.3, 0.4) is 0 Å². The van der Waals surface area contributed by atoms with Crippen LogP contribution in [0, 0.1) is 13.8 Å². The number of aryl methyl sites for hydroxylation is 2. The second-order valence-electron chi connectivity index (χ2n) is 8.51. The summed E-state index contributed by atoms with van der Waals surface area (Å²) in [6.45, 7) is 4.94. The lowest BCUT2D eigenvalue weighted by Gasteiger charge is -2.17. The van der Waals surface area contributed by atoms with E-state index in [0.29, 0.717) is 13.1 Å². The van der Waals surface area contributed by atoms with Crippen molar-refractivity contribution in [1.29, 1.82) is 0 Å². The zero-order valence-corrected chi connectivity index (χ0v) is 19.6. The molecule has 5 rings (SSSR count). The lowest BCUT2D eigenvalue weighted by molar-refractivity contribution is 0.423. The van der Waals surface area contributed by atoms with Gasteiger partial charge in [-0.25, -0.2) is 16.8 Å². The van der Waals surface area contributed by atoms with Gasteiger partial charge in [0.05, 0.1) is 9.79 Å². The van der Waals surface area contributed by atoms with Gasteiger partial charge in [0.25, 0.3) is 0 Å². The fraction of sp³-hybridized carbons (Fsp3) is 0.250. The second kappa shape index (κ2) is 7.52. The van der Waals surface area contributed by atoms with Crippen LogP contribution in [-0.2, 0) is 46.2 Å². The van der Waals surface area contributed by atoms with E-state index in [2.05, 4.69) is 0 Å². The Kier molecular flexibility index (Phi) is 5.01. The normalized spacial score (nSPS) is 16.8. The van der Waals surface area contributed by atoms with Gasteiger partial charge in [0.2, 0.25) is 20.0 Å². The Bertz CT molecular complexity index is 1300. The van der Waals surface area contributed by atoms with Gasteiger partial charge < -0.3 is 0 Å². The Morgan fingerprint density at radius 3 is 1.22 bits per heavy atom. The second-order valence-corrected chi connectivity index (χ2v) is 12.4. The van der Waals surface area contributed by atoms with Crippen molar-refractivity contribution in [2.75, 3.05) is 0 Å². The molecule has 2 aliphatic heterocycles. The number of sulfonamides is 2. The first-order chi connectivity index (χ1) is 15.2. The molecule has 6 nitrogen and oxygen atoms in total. The fourth-order valence-corrected chi connectivity index (χ4v) is 7.16. The molecule has 0 aliphatic carbocycles. The van der Waals surface area contributed by atoms with Crippen LogP contribution in [0.5, 0.6) is 0 Å². The number of hydrogen-bond acceptors (Lipinski definition) is 4. The first kappa shape index (κ1) is 21.3. The summed E-state index contributed by atoms with van der Waals surface area (Å²) in [6.07, 6.45) is 0. The van der Waals surface area contributed by atoms with E-state index < -0.39 is 20.0 Å². The zero-order chi connectivity index (χ0) is 22.7. The SMILES string of the molecule is Cc1ccc(S(=O)(=O)N2Cc3ccc4c(c3C2)CN(S(=O)(=O)c2ccc(C)cc2)C4)cc1. The van der Waals surface area contributed by atoms with Crippen molar-refractivity contribution in [3.8, 4) is 0 Å². The van der Waals surface area contributed by atoms with Crippen LogP contribution in [0.15, 0.2) is 70.5 Å². The maximum atomic E-state index is 13.2. The first-order valence-corrected chi connectivity index (χ1v) is 13.3. The highest BCUT2D eigenvalue weighted by Gasteiger charge is 2.37. The van der Waals surface area contributed by atoms with Crippen molar-refractivity contribution in [3.63, 3.8) is 0 Å². The van der Waals surface area contributed by atoms with Crippen molar-refractivity contribution in [2.45, 2.75) is 49.8 Å². The molecule has 0 radical (unpaired) electrons. The average molecular weight is 469 g/mol. The number of nitrogens with zero attached hydrogens (tertiary/aromatic N) is 2. The molecule has 2 aliphatic rings. The predicted molar refractivity (Wildman–Crippen MR) is 122 cm³/mol. The van der Waals surface area contributed by atoms with E-state index in [1.165, 1.54) is 8.61 Å². The van der Waals surface area contributed by atoms with Gasteiger partial charge in [0, 0.05) is 26.2 Å². The first-order valence-electron chi connectivity index (χ1n) is 10.4. The summed E-state index contributed by atoms with van der Waals surface area (Å²) in [5, 5.41) is 0. The maximum Gasteiger partial charge on any atom is 0.243 e. The van der Waals surface area contributed by atoms with Crippen LogP contribution in [0.1, 0.15) is 33.4 Å². The molecule has 0 unspecified atom stereocenters. The largest absolute Gasteiger partial charge is 0.243 e. The highest BCUT2D eigenvalue weighted by molar-refractivity contribution is 7.89. The molecule has 0 amide bonds. The molecule has 0 fully saturated rings. The van der Waals surface area contributed by atoms with E-state index in [-0.39, 0.29) is 22.9 Å². The van der Waals surface area contributed by atoms with Gasteiger partial charge in [-0.2, -0.15) is 8.61 Å². The smallest absolute Gasteiger partial charge is 0.207 e. The van der Waals surface area contributed by atoms with Crippen molar-refractivity contribution < 1.29 is 16.8 Å². The van der Waals surface area contributed by atoms with Crippen LogP contribution in [0.2, 0.25) is 0 Å². The molecule has 0 atom stereocenters. The molecule has 3 aromatic carbocycles. The van der Waals surface area contributed by atoms with E-state index >= 15 is 0 Å². The lowest BCUT2D eigenvalue weighted by atomic mass is 10.0. The molecule has 0 bridgehead atoms. The fourth-order valence-electron chi connectivity index (χ4n) is 4.38. The monoisotopic (exact) mass is 468 g/mol. The van der Waals surface area contributed by atoms with Gasteiger partial charge in [-0.3, -0.25) is 0 Å². The molecule has 8 heteroatoms. The van der Waals surface area contributed by atoms with Crippen LogP contribution >= 0.6 is 0 Å². The van der Waals surface area contributed by atoms with E-state index in [4.69, 9.17) is 0 Å². The molecular weight excluding hydrogens is 444 g/mol. The molecule has 0 saturated carbocycles. The van der Waals surface area contributed by atoms with E-state index in [0.717, 1.165) is 33.4 Å². The zero-order valence-electron chi connectivity index (χ0n) is 17.9. The summed E-state index contributed by atoms with van der Waals surface area (Å²) < 4.78 is 55.6. The Hall–Kier alpha value is -2.52. The third-order valence-corrected chi connectivity index (χ3v) is 9.92. The summed E-state index contributed by atoms with van der Waals surface area (Å²) in [4.78, 5) is 0.548. The van der Waals surface area contributed by atoms with Gasteiger partial charge in [0.1, 0.15) is 0 Å². The minimum absolute atomic E-state index is 0.257. The van der Waals surface area contributed by atoms with Gasteiger partial charge in [-0.05, 0) is 60.4 Å². The summed E-state index contributed by atoms with van der Waals surface area (Å²) >= 11 is 0. The summed E-state index contributed by atoms with van der Waals surface area (Å²) in [6, 6.07) is 17.6. The minimum atomic E-state index is -3.63. The minimum Gasteiger partial charge on any atom is -0.207 e. The van der Waals surface area contributed by atoms with Crippen LogP contribution in [0.4, 0.5) is 0 Å². The van der Waals surface area contributed by atoms with Gasteiger partial charge in [-0.15, -0.1) is 0 Å². The molecule has 0 N–H and O–H groups in total. The summed E-state index contributed by atoms with van der Waals surface area (Å²) in [5.74, 6) is 0. The maximum absolute atomic E-state index is 13.2. The quantitative estimate of drug-likeness (QED) is 0.585. The Labute approximate surface area is 189 Å².